The Kier molecular flexibility index (Phi) is 3.94. The van der Waals surface area contributed by atoms with Crippen molar-refractivity contribution in [3.8, 4) is 11.3 Å². The molecule has 1 N–H and O–H groups in total. The molecule has 1 fully saturated rings. The van der Waals surface area contributed by atoms with E-state index in [4.69, 9.17) is 4.74 Å². The van der Waals surface area contributed by atoms with E-state index in [0.29, 0.717) is 23.9 Å². The van der Waals surface area contributed by atoms with Gasteiger partial charge in [-0.2, -0.15) is 0 Å². The lowest BCUT2D eigenvalue weighted by Crippen LogP contribution is -2.26. The second-order valence-corrected chi connectivity index (χ2v) is 5.51. The van der Waals surface area contributed by atoms with Crippen LogP contribution in [0.3, 0.4) is 0 Å². The molecule has 3 rings (SSSR count). The van der Waals surface area contributed by atoms with Gasteiger partial charge in [0, 0.05) is 17.6 Å². The number of ether oxygens (including phenoxy) is 1. The number of nitrogens with one attached hydrogen (secondary N) is 1. The summed E-state index contributed by atoms with van der Waals surface area (Å²) in [5, 5.41) is 4.55. The van der Waals surface area contributed by atoms with Crippen LogP contribution >= 0.6 is 11.3 Å². The zero-order chi connectivity index (χ0) is 14.8. The molecular formula is C14H12F2N2O2S. The summed E-state index contributed by atoms with van der Waals surface area (Å²) in [6, 6.07) is 3.18. The van der Waals surface area contributed by atoms with Gasteiger partial charge in [-0.25, -0.2) is 13.8 Å². The zero-order valence-electron chi connectivity index (χ0n) is 10.9. The van der Waals surface area contributed by atoms with Gasteiger partial charge < -0.3 is 4.74 Å². The Labute approximate surface area is 123 Å². The van der Waals surface area contributed by atoms with Crippen molar-refractivity contribution in [2.24, 2.45) is 0 Å². The average molecular weight is 310 g/mol. The maximum Gasteiger partial charge on any atom is 0.255 e. The van der Waals surface area contributed by atoms with E-state index in [0.717, 1.165) is 36.0 Å². The molecule has 4 nitrogen and oxygen atoms in total. The molecule has 1 aliphatic rings. The van der Waals surface area contributed by atoms with E-state index < -0.39 is 17.7 Å². The van der Waals surface area contributed by atoms with Crippen LogP contribution in [0.2, 0.25) is 0 Å². The average Bonchev–Trinajstić information content (AvgIpc) is 3.12. The summed E-state index contributed by atoms with van der Waals surface area (Å²) >= 11 is 1.16. The minimum Gasteiger partial charge on any atom is -0.368 e. The van der Waals surface area contributed by atoms with E-state index in [9.17, 15) is 13.6 Å². The van der Waals surface area contributed by atoms with Gasteiger partial charge in [-0.1, -0.05) is 0 Å². The Morgan fingerprint density at radius 1 is 1.43 bits per heavy atom. The number of thiazole rings is 1. The molecule has 21 heavy (non-hydrogen) atoms. The second kappa shape index (κ2) is 5.87. The monoisotopic (exact) mass is 310 g/mol. The number of benzene rings is 1. The Morgan fingerprint density at radius 3 is 3.05 bits per heavy atom. The van der Waals surface area contributed by atoms with Gasteiger partial charge >= 0.3 is 0 Å². The molecule has 1 atom stereocenters. The van der Waals surface area contributed by atoms with E-state index in [1.165, 1.54) is 0 Å². The summed E-state index contributed by atoms with van der Waals surface area (Å²) in [6.07, 6.45) is 1.08. The van der Waals surface area contributed by atoms with Crippen LogP contribution in [0.5, 0.6) is 0 Å². The smallest absolute Gasteiger partial charge is 0.255 e. The summed E-state index contributed by atoms with van der Waals surface area (Å²) in [5.41, 5.74) is 0.364. The minimum absolute atomic E-state index is 0.0730. The molecule has 0 saturated carbocycles. The molecule has 1 amide bonds. The Morgan fingerprint density at radius 2 is 2.29 bits per heavy atom. The molecule has 2 heterocycles. The number of carbonyl (C=O) groups excluding carboxylic acids is 1. The summed E-state index contributed by atoms with van der Waals surface area (Å²) in [5.74, 6) is -1.35. The summed E-state index contributed by atoms with van der Waals surface area (Å²) in [7, 11) is 0. The molecule has 1 aliphatic heterocycles. The van der Waals surface area contributed by atoms with Crippen LogP contribution in [-0.4, -0.2) is 23.6 Å². The number of nitrogens with zero attached hydrogens (tertiary/aromatic N) is 1. The molecular weight excluding hydrogens is 298 g/mol. The van der Waals surface area contributed by atoms with Crippen molar-refractivity contribution >= 4 is 22.4 Å². The Hall–Kier alpha value is -1.86. The van der Waals surface area contributed by atoms with Gasteiger partial charge in [0.25, 0.3) is 5.91 Å². The molecule has 1 aromatic carbocycles. The van der Waals surface area contributed by atoms with Crippen LogP contribution in [0.1, 0.15) is 12.8 Å². The van der Waals surface area contributed by atoms with Crippen LogP contribution in [0.25, 0.3) is 11.3 Å². The molecule has 1 unspecified atom stereocenters. The normalized spacial score (nSPS) is 17.9. The highest BCUT2D eigenvalue weighted by Crippen LogP contribution is 2.28. The summed E-state index contributed by atoms with van der Waals surface area (Å²) in [6.45, 7) is 0.579. The van der Waals surface area contributed by atoms with Gasteiger partial charge in [0.15, 0.2) is 5.13 Å². The molecule has 1 saturated heterocycles. The highest BCUT2D eigenvalue weighted by atomic mass is 32.1. The van der Waals surface area contributed by atoms with Gasteiger partial charge in [0.05, 0.1) is 5.69 Å². The molecule has 1 aromatic heterocycles. The Bertz CT molecular complexity index is 669. The van der Waals surface area contributed by atoms with E-state index in [2.05, 4.69) is 10.3 Å². The standard InChI is InChI=1S/C14H12F2N2O2S/c15-8-3-4-10(16)9(6-8)11-7-21-14(17-11)18-13(19)12-2-1-5-20-12/h3-4,6-7,12H,1-2,5H2,(H,17,18,19). The first-order chi connectivity index (χ1) is 10.1. The number of aromatic nitrogens is 1. The molecule has 0 bridgehead atoms. The predicted molar refractivity (Wildman–Crippen MR) is 75.1 cm³/mol. The van der Waals surface area contributed by atoms with Crippen molar-refractivity contribution in [3.63, 3.8) is 0 Å². The van der Waals surface area contributed by atoms with E-state index in [1.807, 2.05) is 0 Å². The van der Waals surface area contributed by atoms with Crippen LogP contribution in [-0.2, 0) is 9.53 Å². The van der Waals surface area contributed by atoms with Crippen LogP contribution in [0.15, 0.2) is 23.6 Å². The number of hydrogen-bond acceptors (Lipinski definition) is 4. The third kappa shape index (κ3) is 3.08. The van der Waals surface area contributed by atoms with Gasteiger partial charge in [0.2, 0.25) is 0 Å². The molecule has 2 aromatic rings. The molecule has 0 spiro atoms. The van der Waals surface area contributed by atoms with Crippen molar-refractivity contribution in [3.05, 3.63) is 35.2 Å². The van der Waals surface area contributed by atoms with Crippen molar-refractivity contribution < 1.29 is 18.3 Å². The van der Waals surface area contributed by atoms with Crippen molar-refractivity contribution in [2.75, 3.05) is 11.9 Å². The fourth-order valence-electron chi connectivity index (χ4n) is 2.12. The van der Waals surface area contributed by atoms with E-state index >= 15 is 0 Å². The third-order valence-electron chi connectivity index (χ3n) is 3.16. The van der Waals surface area contributed by atoms with E-state index in [-0.39, 0.29) is 11.5 Å². The molecule has 7 heteroatoms. The van der Waals surface area contributed by atoms with Gasteiger partial charge in [-0.15, -0.1) is 11.3 Å². The molecule has 0 radical (unpaired) electrons. The Balaban J connectivity index is 1.77. The van der Waals surface area contributed by atoms with Gasteiger partial charge in [0.1, 0.15) is 17.7 Å². The minimum atomic E-state index is -0.557. The van der Waals surface area contributed by atoms with Crippen molar-refractivity contribution in [1.82, 2.24) is 4.98 Å². The first kappa shape index (κ1) is 14.1. The predicted octanol–water partition coefficient (Wildman–Crippen LogP) is 3.21. The maximum absolute atomic E-state index is 13.7. The number of anilines is 1. The van der Waals surface area contributed by atoms with E-state index in [1.54, 1.807) is 5.38 Å². The number of hydrogen-bond donors (Lipinski definition) is 1. The number of halogens is 2. The molecule has 0 aliphatic carbocycles. The first-order valence-corrected chi connectivity index (χ1v) is 7.35. The topological polar surface area (TPSA) is 51.2 Å². The van der Waals surface area contributed by atoms with Gasteiger partial charge in [-0.3, -0.25) is 10.1 Å². The third-order valence-corrected chi connectivity index (χ3v) is 3.92. The number of carbonyl (C=O) groups is 1. The quantitative estimate of drug-likeness (QED) is 0.947. The lowest BCUT2D eigenvalue weighted by atomic mass is 10.1. The van der Waals surface area contributed by atoms with Gasteiger partial charge in [-0.05, 0) is 31.0 Å². The summed E-state index contributed by atoms with van der Waals surface area (Å²) in [4.78, 5) is 16.0. The lowest BCUT2D eigenvalue weighted by Gasteiger charge is -2.07. The number of rotatable bonds is 3. The van der Waals surface area contributed by atoms with Crippen molar-refractivity contribution in [1.29, 1.82) is 0 Å². The first-order valence-electron chi connectivity index (χ1n) is 6.47. The highest BCUT2D eigenvalue weighted by molar-refractivity contribution is 7.14. The fourth-order valence-corrected chi connectivity index (χ4v) is 2.83. The fraction of sp³-hybridized carbons (Fsp3) is 0.286. The highest BCUT2D eigenvalue weighted by Gasteiger charge is 2.24. The second-order valence-electron chi connectivity index (χ2n) is 4.65. The molecule has 110 valence electrons. The van der Waals surface area contributed by atoms with Crippen molar-refractivity contribution in [2.45, 2.75) is 18.9 Å². The van der Waals surface area contributed by atoms with Crippen LogP contribution in [0, 0.1) is 11.6 Å². The SMILES string of the molecule is O=C(Nc1nc(-c2cc(F)ccc2F)cs1)C1CCCO1. The largest absolute Gasteiger partial charge is 0.368 e. The van der Waals surface area contributed by atoms with Crippen LogP contribution < -0.4 is 5.32 Å². The van der Waals surface area contributed by atoms with Crippen LogP contribution in [0.4, 0.5) is 13.9 Å². The lowest BCUT2D eigenvalue weighted by molar-refractivity contribution is -0.124. The maximum atomic E-state index is 13.7. The number of amides is 1. The zero-order valence-corrected chi connectivity index (χ0v) is 11.8. The summed E-state index contributed by atoms with van der Waals surface area (Å²) < 4.78 is 32.1.